The van der Waals surface area contributed by atoms with Crippen LogP contribution in [0.4, 0.5) is 5.69 Å². The van der Waals surface area contributed by atoms with Crippen molar-refractivity contribution in [3.8, 4) is 5.75 Å². The van der Waals surface area contributed by atoms with E-state index in [1.54, 1.807) is 7.11 Å². The number of fused-ring (bicyclic) bond motifs is 1. The first-order valence-electron chi connectivity index (χ1n) is 9.35. The molecule has 1 aliphatic rings. The van der Waals surface area contributed by atoms with Gasteiger partial charge in [0.2, 0.25) is 0 Å². The van der Waals surface area contributed by atoms with Crippen molar-refractivity contribution in [3.63, 3.8) is 0 Å². The van der Waals surface area contributed by atoms with Gasteiger partial charge in [0, 0.05) is 11.6 Å². The molecule has 0 aliphatic carbocycles. The van der Waals surface area contributed by atoms with E-state index in [4.69, 9.17) is 9.47 Å². The molecular weight excluding hydrogens is 350 g/mol. The Morgan fingerprint density at radius 1 is 0.821 bits per heavy atom. The van der Waals surface area contributed by atoms with Crippen LogP contribution in [-0.2, 0) is 9.53 Å². The van der Waals surface area contributed by atoms with Gasteiger partial charge in [0.1, 0.15) is 5.75 Å². The minimum Gasteiger partial charge on any atom is -0.497 e. The predicted molar refractivity (Wildman–Crippen MR) is 110 cm³/mol. The van der Waals surface area contributed by atoms with Crippen LogP contribution in [0.2, 0.25) is 0 Å². The second-order valence-corrected chi connectivity index (χ2v) is 6.92. The van der Waals surface area contributed by atoms with Gasteiger partial charge in [0.05, 0.1) is 26.2 Å². The molecule has 142 valence electrons. The largest absolute Gasteiger partial charge is 0.497 e. The molecule has 1 aliphatic heterocycles. The van der Waals surface area contributed by atoms with Gasteiger partial charge < -0.3 is 14.8 Å². The molecule has 0 saturated heterocycles. The van der Waals surface area contributed by atoms with Gasteiger partial charge in [-0.1, -0.05) is 60.7 Å². The third-order valence-corrected chi connectivity index (χ3v) is 5.43. The van der Waals surface area contributed by atoms with E-state index < -0.39 is 5.92 Å². The molecule has 0 spiro atoms. The van der Waals surface area contributed by atoms with Gasteiger partial charge in [0.25, 0.3) is 0 Å². The van der Waals surface area contributed by atoms with Crippen LogP contribution in [0.3, 0.4) is 0 Å². The Labute approximate surface area is 165 Å². The summed E-state index contributed by atoms with van der Waals surface area (Å²) in [5, 5.41) is 3.58. The van der Waals surface area contributed by atoms with Gasteiger partial charge in [-0.05, 0) is 34.9 Å². The Morgan fingerprint density at radius 2 is 1.50 bits per heavy atom. The second kappa shape index (κ2) is 7.77. The Bertz CT molecular complexity index is 953. The van der Waals surface area contributed by atoms with Crippen molar-refractivity contribution < 1.29 is 14.3 Å². The smallest absolute Gasteiger partial charge is 0.312 e. The van der Waals surface area contributed by atoms with E-state index in [9.17, 15) is 4.79 Å². The highest BCUT2D eigenvalue weighted by atomic mass is 16.5. The number of para-hydroxylation sites is 1. The lowest BCUT2D eigenvalue weighted by molar-refractivity contribution is -0.146. The maximum absolute atomic E-state index is 13.0. The van der Waals surface area contributed by atoms with Crippen LogP contribution in [0.15, 0.2) is 78.9 Å². The summed E-state index contributed by atoms with van der Waals surface area (Å²) in [6.07, 6.45) is 0. The molecule has 0 amide bonds. The fourth-order valence-electron chi connectivity index (χ4n) is 4.10. The minimum atomic E-state index is -0.393. The number of carbonyl (C=O) groups excluding carboxylic acids is 1. The Hall–Kier alpha value is -3.27. The van der Waals surface area contributed by atoms with Crippen LogP contribution in [-0.4, -0.2) is 20.2 Å². The van der Waals surface area contributed by atoms with E-state index in [1.807, 2.05) is 66.7 Å². The molecule has 0 radical (unpaired) electrons. The van der Waals surface area contributed by atoms with Crippen molar-refractivity contribution in [2.24, 2.45) is 5.92 Å². The van der Waals surface area contributed by atoms with Gasteiger partial charge >= 0.3 is 5.97 Å². The summed E-state index contributed by atoms with van der Waals surface area (Å²) in [6, 6.07) is 26.0. The fraction of sp³-hybridized carbons (Fsp3) is 0.208. The van der Waals surface area contributed by atoms with Gasteiger partial charge in [0.15, 0.2) is 0 Å². The summed E-state index contributed by atoms with van der Waals surface area (Å²) in [5.41, 5.74) is 4.25. The van der Waals surface area contributed by atoms with E-state index in [2.05, 4.69) is 17.4 Å². The molecule has 0 fully saturated rings. The van der Waals surface area contributed by atoms with Crippen LogP contribution in [0, 0.1) is 5.92 Å². The molecule has 0 bridgehead atoms. The lowest BCUT2D eigenvalue weighted by Gasteiger charge is -2.39. The quantitative estimate of drug-likeness (QED) is 0.669. The van der Waals surface area contributed by atoms with Crippen LogP contribution in [0.5, 0.6) is 5.75 Å². The molecule has 28 heavy (non-hydrogen) atoms. The van der Waals surface area contributed by atoms with Gasteiger partial charge in [-0.15, -0.1) is 0 Å². The third kappa shape index (κ3) is 3.22. The van der Waals surface area contributed by atoms with E-state index >= 15 is 0 Å². The summed E-state index contributed by atoms with van der Waals surface area (Å²) >= 11 is 0. The first kappa shape index (κ1) is 18.1. The zero-order valence-corrected chi connectivity index (χ0v) is 16.0. The topological polar surface area (TPSA) is 47.6 Å². The number of hydrogen-bond donors (Lipinski definition) is 1. The zero-order chi connectivity index (χ0) is 19.5. The average Bonchev–Trinajstić information content (AvgIpc) is 2.78. The van der Waals surface area contributed by atoms with Crippen molar-refractivity contribution >= 4 is 11.7 Å². The van der Waals surface area contributed by atoms with Crippen LogP contribution >= 0.6 is 0 Å². The monoisotopic (exact) mass is 373 g/mol. The minimum absolute atomic E-state index is 0.124. The first-order valence-corrected chi connectivity index (χ1v) is 9.35. The molecule has 0 aromatic heterocycles. The SMILES string of the molecule is COC(=O)[C@H]1[C@H](c2ccc(OC)cc2)c2ccccc2N[C@H]1c1ccccc1. The predicted octanol–water partition coefficient (Wildman–Crippen LogP) is 4.78. The van der Waals surface area contributed by atoms with Crippen molar-refractivity contribution in [1.29, 1.82) is 0 Å². The van der Waals surface area contributed by atoms with Crippen LogP contribution in [0.1, 0.15) is 28.7 Å². The summed E-state index contributed by atoms with van der Waals surface area (Å²) in [6.45, 7) is 0. The molecule has 3 atom stereocenters. The molecule has 0 unspecified atom stereocenters. The van der Waals surface area contributed by atoms with Crippen molar-refractivity contribution in [3.05, 3.63) is 95.6 Å². The Kier molecular flexibility index (Phi) is 5.02. The molecule has 1 heterocycles. The maximum atomic E-state index is 13.0. The number of nitrogens with one attached hydrogen (secondary N) is 1. The van der Waals surface area contributed by atoms with Gasteiger partial charge in [-0.2, -0.15) is 0 Å². The van der Waals surface area contributed by atoms with Crippen molar-refractivity contribution in [2.45, 2.75) is 12.0 Å². The lowest BCUT2D eigenvalue weighted by atomic mass is 9.72. The number of carbonyl (C=O) groups is 1. The number of rotatable bonds is 4. The summed E-state index contributed by atoms with van der Waals surface area (Å²) in [4.78, 5) is 13.0. The highest BCUT2D eigenvalue weighted by Crippen LogP contribution is 2.48. The van der Waals surface area contributed by atoms with E-state index in [-0.39, 0.29) is 17.9 Å². The fourth-order valence-corrected chi connectivity index (χ4v) is 4.10. The molecule has 3 aromatic rings. The second-order valence-electron chi connectivity index (χ2n) is 6.92. The standard InChI is InChI=1S/C24H23NO3/c1-27-18-14-12-16(13-15-18)21-19-10-6-7-11-20(19)25-23(22(21)24(26)28-2)17-8-4-3-5-9-17/h3-15,21-23,25H,1-2H3/t21-,22+,23+/m1/s1. The van der Waals surface area contributed by atoms with E-state index in [0.717, 1.165) is 28.1 Å². The molecular formula is C24H23NO3. The molecule has 3 aromatic carbocycles. The maximum Gasteiger partial charge on any atom is 0.312 e. The molecule has 4 nitrogen and oxygen atoms in total. The van der Waals surface area contributed by atoms with Gasteiger partial charge in [-0.3, -0.25) is 4.79 Å². The van der Waals surface area contributed by atoms with Crippen LogP contribution < -0.4 is 10.1 Å². The average molecular weight is 373 g/mol. The number of esters is 1. The Morgan fingerprint density at radius 3 is 2.18 bits per heavy atom. The Balaban J connectivity index is 1.89. The molecule has 4 heteroatoms. The third-order valence-electron chi connectivity index (χ3n) is 5.43. The molecule has 4 rings (SSSR count). The molecule has 1 N–H and O–H groups in total. The number of benzene rings is 3. The summed E-state index contributed by atoms with van der Waals surface area (Å²) < 4.78 is 10.6. The zero-order valence-electron chi connectivity index (χ0n) is 16.0. The van der Waals surface area contributed by atoms with Gasteiger partial charge in [-0.25, -0.2) is 0 Å². The van der Waals surface area contributed by atoms with E-state index in [0.29, 0.717) is 0 Å². The van der Waals surface area contributed by atoms with Crippen molar-refractivity contribution in [2.75, 3.05) is 19.5 Å². The lowest BCUT2D eigenvalue weighted by Crippen LogP contribution is -2.38. The molecule has 0 saturated carbocycles. The summed E-state index contributed by atoms with van der Waals surface area (Å²) in [5.74, 6) is 0.0496. The van der Waals surface area contributed by atoms with Crippen molar-refractivity contribution in [1.82, 2.24) is 0 Å². The number of anilines is 1. The highest BCUT2D eigenvalue weighted by Gasteiger charge is 2.43. The first-order chi connectivity index (χ1) is 13.7. The summed E-state index contributed by atoms with van der Waals surface area (Å²) in [7, 11) is 3.10. The number of ether oxygens (including phenoxy) is 2. The number of hydrogen-bond acceptors (Lipinski definition) is 4. The van der Waals surface area contributed by atoms with E-state index in [1.165, 1.54) is 7.11 Å². The number of methoxy groups -OCH3 is 2. The highest BCUT2D eigenvalue weighted by molar-refractivity contribution is 5.79. The van der Waals surface area contributed by atoms with Crippen LogP contribution in [0.25, 0.3) is 0 Å². The normalized spacial score (nSPS) is 20.6.